The first-order valence-corrected chi connectivity index (χ1v) is 5.92. The molecule has 1 unspecified atom stereocenters. The van der Waals surface area contributed by atoms with Gasteiger partial charge in [-0.15, -0.1) is 0 Å². The number of ether oxygens (including phenoxy) is 1. The normalized spacial score (nSPS) is 39.3. The monoisotopic (exact) mass is 270 g/mol. The molecule has 0 bridgehead atoms. The molecule has 106 valence electrons. The third-order valence-corrected chi connectivity index (χ3v) is 3.45. The average Bonchev–Trinajstić information content (AvgIpc) is 2.56. The molecule has 2 heterocycles. The predicted octanol–water partition coefficient (Wildman–Crippen LogP) is -1.38. The Hall–Kier alpha value is -1.41. The summed E-state index contributed by atoms with van der Waals surface area (Å²) in [5.41, 5.74) is -1.18. The molecule has 1 saturated heterocycles. The molecule has 0 aromatic rings. The van der Waals surface area contributed by atoms with Crippen LogP contribution in [0.15, 0.2) is 24.2 Å². The van der Waals surface area contributed by atoms with Gasteiger partial charge in [-0.2, -0.15) is 0 Å². The third kappa shape index (κ3) is 2.14. The summed E-state index contributed by atoms with van der Waals surface area (Å²) in [5.74, 6) is -0.0372. The lowest BCUT2D eigenvalue weighted by Crippen LogP contribution is -2.54. The summed E-state index contributed by atoms with van der Waals surface area (Å²) in [5, 5.41) is 31.9. The summed E-state index contributed by atoms with van der Waals surface area (Å²) in [4.78, 5) is 12.9. The lowest BCUT2D eigenvalue weighted by Gasteiger charge is -2.38. The van der Waals surface area contributed by atoms with Crippen LogP contribution in [0.1, 0.15) is 13.8 Å². The molecule has 19 heavy (non-hydrogen) atoms. The number of hydrogen-bond acceptors (Lipinski definition) is 6. The topological polar surface area (TPSA) is 102 Å². The Labute approximate surface area is 110 Å². The summed E-state index contributed by atoms with van der Waals surface area (Å²) in [6.07, 6.45) is -1.57. The summed E-state index contributed by atoms with van der Waals surface area (Å²) in [6.45, 7) is 6.28. The van der Waals surface area contributed by atoms with Gasteiger partial charge in [-0.05, 0) is 13.8 Å². The van der Waals surface area contributed by atoms with Crippen molar-refractivity contribution in [3.63, 3.8) is 0 Å². The Bertz CT molecular complexity index is 445. The van der Waals surface area contributed by atoms with E-state index >= 15 is 0 Å². The molecular weight excluding hydrogens is 252 g/mol. The minimum atomic E-state index is -1.60. The second-order valence-electron chi connectivity index (χ2n) is 5.00. The van der Waals surface area contributed by atoms with Gasteiger partial charge in [0, 0.05) is 11.8 Å². The highest BCUT2D eigenvalue weighted by atomic mass is 16.6. The van der Waals surface area contributed by atoms with Gasteiger partial charge >= 0.3 is 0 Å². The molecule has 1 fully saturated rings. The second-order valence-corrected chi connectivity index (χ2v) is 5.00. The number of hydrogen-bond donors (Lipinski definition) is 4. The Morgan fingerprint density at radius 1 is 1.63 bits per heavy atom. The van der Waals surface area contributed by atoms with Gasteiger partial charge in [-0.1, -0.05) is 6.58 Å². The zero-order valence-corrected chi connectivity index (χ0v) is 10.8. The maximum atomic E-state index is 11.5. The van der Waals surface area contributed by atoms with Crippen LogP contribution in [-0.4, -0.2) is 56.8 Å². The van der Waals surface area contributed by atoms with Crippen LogP contribution in [0.5, 0.6) is 0 Å². The van der Waals surface area contributed by atoms with Gasteiger partial charge in [-0.25, -0.2) is 0 Å². The Morgan fingerprint density at radius 3 is 2.79 bits per heavy atom. The van der Waals surface area contributed by atoms with Crippen LogP contribution in [0.4, 0.5) is 0 Å². The first-order valence-electron chi connectivity index (χ1n) is 5.92. The van der Waals surface area contributed by atoms with Crippen LogP contribution in [-0.2, 0) is 9.53 Å². The maximum absolute atomic E-state index is 11.5. The quantitative estimate of drug-likeness (QED) is 0.493. The number of carbonyl (C=O) groups is 1. The van der Waals surface area contributed by atoms with Gasteiger partial charge in [0.2, 0.25) is 0 Å². The summed E-state index contributed by atoms with van der Waals surface area (Å²) in [6, 6.07) is 0. The first-order chi connectivity index (χ1) is 8.78. The largest absolute Gasteiger partial charge is 0.394 e. The molecule has 0 aromatic heterocycles. The van der Waals surface area contributed by atoms with Gasteiger partial charge in [0.15, 0.2) is 6.23 Å². The molecule has 0 saturated carbocycles. The van der Waals surface area contributed by atoms with Gasteiger partial charge < -0.3 is 30.3 Å². The highest BCUT2D eigenvalue weighted by Crippen LogP contribution is 2.35. The number of nitrogens with one attached hydrogen (secondary N) is 1. The third-order valence-electron chi connectivity index (χ3n) is 3.45. The lowest BCUT2D eigenvalue weighted by atomic mass is 9.96. The summed E-state index contributed by atoms with van der Waals surface area (Å²) >= 11 is 0. The van der Waals surface area contributed by atoms with Crippen LogP contribution in [0.3, 0.4) is 0 Å². The molecule has 1 amide bonds. The van der Waals surface area contributed by atoms with Crippen molar-refractivity contribution >= 4 is 5.91 Å². The fraction of sp³-hybridized carbons (Fsp3) is 0.583. The van der Waals surface area contributed by atoms with Gasteiger partial charge in [-0.3, -0.25) is 4.79 Å². The van der Waals surface area contributed by atoms with E-state index in [1.54, 1.807) is 6.92 Å². The van der Waals surface area contributed by atoms with Crippen LogP contribution >= 0.6 is 0 Å². The van der Waals surface area contributed by atoms with E-state index in [1.807, 2.05) is 0 Å². The van der Waals surface area contributed by atoms with Crippen LogP contribution < -0.4 is 5.32 Å². The Kier molecular flexibility index (Phi) is 3.40. The maximum Gasteiger partial charge on any atom is 0.253 e. The minimum absolute atomic E-state index is 0.242. The van der Waals surface area contributed by atoms with Crippen molar-refractivity contribution in [2.75, 3.05) is 6.61 Å². The second kappa shape index (κ2) is 4.61. The number of carbonyl (C=O) groups excluding carboxylic acids is 1. The highest BCUT2D eigenvalue weighted by Gasteiger charge is 2.54. The Morgan fingerprint density at radius 2 is 2.26 bits per heavy atom. The number of nitrogens with zero attached hydrogens (tertiary/aromatic N) is 1. The zero-order chi connectivity index (χ0) is 14.4. The number of aliphatic hydroxyl groups is 3. The number of rotatable bonds is 2. The van der Waals surface area contributed by atoms with E-state index in [1.165, 1.54) is 18.0 Å². The smallest absolute Gasteiger partial charge is 0.253 e. The van der Waals surface area contributed by atoms with Crippen LogP contribution in [0.2, 0.25) is 0 Å². The Balaban J connectivity index is 2.32. The van der Waals surface area contributed by atoms with E-state index in [0.29, 0.717) is 5.57 Å². The zero-order valence-electron chi connectivity index (χ0n) is 10.8. The van der Waals surface area contributed by atoms with E-state index in [0.717, 1.165) is 0 Å². The highest BCUT2D eigenvalue weighted by molar-refractivity contribution is 5.94. The fourth-order valence-electron chi connectivity index (χ4n) is 2.24. The average molecular weight is 270 g/mol. The molecule has 4 N–H and O–H groups in total. The van der Waals surface area contributed by atoms with Crippen molar-refractivity contribution in [2.45, 2.75) is 37.9 Å². The van der Waals surface area contributed by atoms with E-state index < -0.39 is 30.6 Å². The van der Waals surface area contributed by atoms with E-state index in [9.17, 15) is 15.0 Å². The molecule has 0 aromatic carbocycles. The van der Waals surface area contributed by atoms with Crippen molar-refractivity contribution in [1.29, 1.82) is 0 Å². The summed E-state index contributed by atoms with van der Waals surface area (Å²) < 4.78 is 5.45. The summed E-state index contributed by atoms with van der Waals surface area (Å²) in [7, 11) is 0. The SMILES string of the molecule is C=C1NC(=O)C(C)=CN1[C@@H]1O[C@H](CO)[C@H](O)C1(C)O. The van der Waals surface area contributed by atoms with Gasteiger partial charge in [0.1, 0.15) is 23.6 Å². The van der Waals surface area contributed by atoms with Crippen molar-refractivity contribution < 1.29 is 24.9 Å². The van der Waals surface area contributed by atoms with Gasteiger partial charge in [0.05, 0.1) is 6.61 Å². The van der Waals surface area contributed by atoms with E-state index in [-0.39, 0.29) is 11.7 Å². The van der Waals surface area contributed by atoms with E-state index in [4.69, 9.17) is 9.84 Å². The van der Waals surface area contributed by atoms with Crippen molar-refractivity contribution in [1.82, 2.24) is 10.2 Å². The molecule has 0 spiro atoms. The fourth-order valence-corrected chi connectivity index (χ4v) is 2.24. The minimum Gasteiger partial charge on any atom is -0.394 e. The molecule has 2 aliphatic heterocycles. The predicted molar refractivity (Wildman–Crippen MR) is 65.3 cm³/mol. The van der Waals surface area contributed by atoms with Crippen LogP contribution in [0.25, 0.3) is 0 Å². The van der Waals surface area contributed by atoms with Crippen molar-refractivity contribution in [3.05, 3.63) is 24.2 Å². The van der Waals surface area contributed by atoms with E-state index in [2.05, 4.69) is 11.9 Å². The molecule has 4 atom stereocenters. The molecular formula is C12H18N2O5. The molecule has 0 aliphatic carbocycles. The standard InChI is InChI=1S/C12H18N2O5/c1-6-4-14(7(2)13-10(6)17)11-12(3,18)9(16)8(5-15)19-11/h4,8-9,11,15-16,18H,2,5H2,1,3H3,(H,13,17)/t8-,9+,11-,12?/m1/s1. The molecule has 2 rings (SSSR count). The first kappa shape index (κ1) is 14.0. The molecule has 0 radical (unpaired) electrons. The molecule has 7 heteroatoms. The molecule has 7 nitrogen and oxygen atoms in total. The number of aliphatic hydroxyl groups excluding tert-OH is 2. The molecule has 2 aliphatic rings. The number of amides is 1. The van der Waals surface area contributed by atoms with Crippen molar-refractivity contribution in [2.24, 2.45) is 0 Å². The lowest BCUT2D eigenvalue weighted by molar-refractivity contribution is -0.125. The van der Waals surface area contributed by atoms with Crippen LogP contribution in [0, 0.1) is 0 Å². The van der Waals surface area contributed by atoms with Crippen molar-refractivity contribution in [3.8, 4) is 0 Å². The van der Waals surface area contributed by atoms with Gasteiger partial charge in [0.25, 0.3) is 5.91 Å².